The Bertz CT molecular complexity index is 757. The fourth-order valence-corrected chi connectivity index (χ4v) is 4.86. The van der Waals surface area contributed by atoms with Crippen LogP contribution in [0.3, 0.4) is 0 Å². The Labute approximate surface area is 219 Å². The zero-order valence-electron chi connectivity index (χ0n) is 17.6. The van der Waals surface area contributed by atoms with E-state index in [1.807, 2.05) is 0 Å². The van der Waals surface area contributed by atoms with Gasteiger partial charge in [0.25, 0.3) is 23.6 Å². The molecule has 4 amide bonds. The summed E-state index contributed by atoms with van der Waals surface area (Å²) in [5.74, 6) is -5.04. The summed E-state index contributed by atoms with van der Waals surface area (Å²) in [6.45, 7) is 0. The third-order valence-electron chi connectivity index (χ3n) is 6.31. The fourth-order valence-electron chi connectivity index (χ4n) is 4.86. The van der Waals surface area contributed by atoms with Gasteiger partial charge in [0.2, 0.25) is 0 Å². The minimum absolute atomic E-state index is 0. The third kappa shape index (κ3) is 4.19. The predicted octanol–water partition coefficient (Wildman–Crippen LogP) is -3.98. The Hall–Kier alpha value is -0.640. The second kappa shape index (κ2) is 10.3. The van der Waals surface area contributed by atoms with E-state index < -0.39 is 46.3 Å². The first-order valence-corrected chi connectivity index (χ1v) is 10.1. The number of aliphatic hydroxyl groups excluding tert-OH is 2. The van der Waals surface area contributed by atoms with E-state index in [0.717, 1.165) is 48.3 Å². The van der Waals surface area contributed by atoms with Crippen molar-refractivity contribution in [2.75, 3.05) is 0 Å². The number of imide groups is 2. The molecule has 0 aromatic carbocycles. The van der Waals surface area contributed by atoms with Crippen molar-refractivity contribution in [1.82, 2.24) is 9.80 Å². The van der Waals surface area contributed by atoms with Crippen molar-refractivity contribution in [2.24, 2.45) is 0 Å². The number of carbonyl (C=O) groups is 4. The molecule has 0 saturated heterocycles. The summed E-state index contributed by atoms with van der Waals surface area (Å²) in [7, 11) is 0. The largest absolute Gasteiger partial charge is 1.00 e. The molecule has 0 bridgehead atoms. The van der Waals surface area contributed by atoms with Gasteiger partial charge in [-0.1, -0.05) is 38.5 Å². The monoisotopic (exact) mass is 434 g/mol. The van der Waals surface area contributed by atoms with Crippen molar-refractivity contribution in [3.05, 3.63) is 22.7 Å². The van der Waals surface area contributed by atoms with Crippen molar-refractivity contribution >= 4 is 23.6 Å². The van der Waals surface area contributed by atoms with Crippen LogP contribution in [0.2, 0.25) is 0 Å². The smallest absolute Gasteiger partial charge is 0.502 e. The van der Waals surface area contributed by atoms with Gasteiger partial charge in [-0.25, -0.2) is 0 Å². The molecule has 150 valence electrons. The molecular formula is C20H24N2Na2O6+2. The number of hydrogen-bond donors (Lipinski definition) is 2. The van der Waals surface area contributed by atoms with Gasteiger partial charge in [-0.15, -0.1) is 0 Å². The number of amides is 4. The Morgan fingerprint density at radius 3 is 1.13 bits per heavy atom. The van der Waals surface area contributed by atoms with Crippen molar-refractivity contribution < 1.29 is 88.5 Å². The Balaban J connectivity index is 0.00000160. The molecule has 0 aromatic rings. The molecule has 0 spiro atoms. The van der Waals surface area contributed by atoms with Gasteiger partial charge in [-0.3, -0.25) is 29.0 Å². The summed E-state index contributed by atoms with van der Waals surface area (Å²) in [6, 6.07) is -0.671. The van der Waals surface area contributed by atoms with Crippen LogP contribution >= 0.6 is 0 Å². The van der Waals surface area contributed by atoms with Crippen molar-refractivity contribution in [3.8, 4) is 0 Å². The van der Waals surface area contributed by atoms with Crippen molar-refractivity contribution in [1.29, 1.82) is 0 Å². The zero-order valence-corrected chi connectivity index (χ0v) is 21.6. The van der Waals surface area contributed by atoms with E-state index in [4.69, 9.17) is 0 Å². The van der Waals surface area contributed by atoms with Gasteiger partial charge < -0.3 is 10.2 Å². The summed E-state index contributed by atoms with van der Waals surface area (Å²) >= 11 is 0. The van der Waals surface area contributed by atoms with Gasteiger partial charge in [-0.2, -0.15) is 0 Å². The molecule has 2 aliphatic carbocycles. The van der Waals surface area contributed by atoms with E-state index in [1.54, 1.807) is 0 Å². The van der Waals surface area contributed by atoms with Crippen LogP contribution in [-0.4, -0.2) is 55.7 Å². The molecule has 8 nitrogen and oxygen atoms in total. The minimum atomic E-state index is -0.858. The summed E-state index contributed by atoms with van der Waals surface area (Å²) in [5, 5.41) is 20.7. The van der Waals surface area contributed by atoms with Crippen LogP contribution in [0.5, 0.6) is 0 Å². The summed E-state index contributed by atoms with van der Waals surface area (Å²) in [6.07, 6.45) is 8.11. The van der Waals surface area contributed by atoms with E-state index in [0.29, 0.717) is 25.7 Å². The van der Waals surface area contributed by atoms with E-state index in [-0.39, 0.29) is 71.2 Å². The van der Waals surface area contributed by atoms with Gasteiger partial charge in [0.1, 0.15) is 11.1 Å². The van der Waals surface area contributed by atoms with E-state index in [2.05, 4.69) is 0 Å². The average molecular weight is 434 g/mol. The quantitative estimate of drug-likeness (QED) is 0.346. The molecule has 4 rings (SSSR count). The van der Waals surface area contributed by atoms with Gasteiger partial charge in [0.15, 0.2) is 11.5 Å². The van der Waals surface area contributed by atoms with Crippen LogP contribution in [-0.2, 0) is 19.2 Å². The predicted molar refractivity (Wildman–Crippen MR) is 96.8 cm³/mol. The zero-order chi connectivity index (χ0) is 20.0. The van der Waals surface area contributed by atoms with Crippen LogP contribution in [0.1, 0.15) is 64.2 Å². The van der Waals surface area contributed by atoms with Crippen molar-refractivity contribution in [3.63, 3.8) is 0 Å². The maximum atomic E-state index is 13.0. The third-order valence-corrected chi connectivity index (χ3v) is 6.31. The van der Waals surface area contributed by atoms with Gasteiger partial charge in [-0.05, 0) is 25.7 Å². The number of hydrogen-bond acceptors (Lipinski definition) is 6. The summed E-state index contributed by atoms with van der Waals surface area (Å²) < 4.78 is 0. The molecule has 2 saturated carbocycles. The topological polar surface area (TPSA) is 115 Å². The first-order chi connectivity index (χ1) is 13.4. The van der Waals surface area contributed by atoms with Crippen LogP contribution in [0.15, 0.2) is 22.7 Å². The number of carbonyl (C=O) groups excluding carboxylic acids is 4. The minimum Gasteiger partial charge on any atom is -0.502 e. The second-order valence-corrected chi connectivity index (χ2v) is 7.99. The van der Waals surface area contributed by atoms with Crippen LogP contribution < -0.4 is 59.1 Å². The van der Waals surface area contributed by atoms with Crippen LogP contribution in [0.25, 0.3) is 0 Å². The molecule has 2 aliphatic heterocycles. The van der Waals surface area contributed by atoms with E-state index in [9.17, 15) is 29.4 Å². The normalized spacial score (nSPS) is 24.0. The molecule has 4 aliphatic rings. The molecule has 0 unspecified atom stereocenters. The Morgan fingerprint density at radius 2 is 0.833 bits per heavy atom. The van der Waals surface area contributed by atoms with E-state index >= 15 is 0 Å². The number of aliphatic hydroxyl groups is 2. The van der Waals surface area contributed by atoms with Crippen LogP contribution in [0, 0.1) is 0 Å². The van der Waals surface area contributed by atoms with Crippen LogP contribution in [0.4, 0.5) is 0 Å². The first kappa shape index (κ1) is 25.6. The number of nitrogens with zero attached hydrogens (tertiary/aromatic N) is 2. The summed E-state index contributed by atoms with van der Waals surface area (Å²) in [5.41, 5.74) is -1.07. The van der Waals surface area contributed by atoms with Gasteiger partial charge >= 0.3 is 59.1 Å². The molecule has 2 heterocycles. The second-order valence-electron chi connectivity index (χ2n) is 7.99. The SMILES string of the molecule is O=C1C(O)=C(C2=C(O)C(=O)N(C3CCCCC3)C2=O)C(=O)N1C1CCCCC1.[Na+].[Na+]. The van der Waals surface area contributed by atoms with Crippen molar-refractivity contribution in [2.45, 2.75) is 76.3 Å². The standard InChI is InChI=1S/C20H24N2O6.2Na/c23-15-13(17(25)21(19(15)27)11-7-3-1-4-8-11)14-16(24)20(28)22(18(14)26)12-9-5-2-6-10-12;;/h11-12,23-24H,1-10H2;;/q;2*+1. The molecule has 10 heteroatoms. The molecule has 2 fully saturated rings. The van der Waals surface area contributed by atoms with Gasteiger partial charge in [0.05, 0.1) is 0 Å². The molecule has 30 heavy (non-hydrogen) atoms. The Morgan fingerprint density at radius 1 is 0.533 bits per heavy atom. The van der Waals surface area contributed by atoms with Gasteiger partial charge in [0, 0.05) is 12.1 Å². The average Bonchev–Trinajstić information content (AvgIpc) is 3.06. The summed E-state index contributed by atoms with van der Waals surface area (Å²) in [4.78, 5) is 53.0. The molecule has 2 N–H and O–H groups in total. The fraction of sp³-hybridized carbons (Fsp3) is 0.600. The maximum Gasteiger partial charge on any atom is 1.00 e. The molecule has 0 aromatic heterocycles. The maximum absolute atomic E-state index is 13.0. The first-order valence-electron chi connectivity index (χ1n) is 10.1. The number of rotatable bonds is 3. The van der Waals surface area contributed by atoms with E-state index in [1.165, 1.54) is 0 Å². The molecule has 0 radical (unpaired) electrons. The Kier molecular flexibility index (Phi) is 8.81. The molecular weight excluding hydrogens is 410 g/mol. The molecule has 0 atom stereocenters.